The van der Waals surface area contributed by atoms with Crippen LogP contribution in [-0.2, 0) is 9.47 Å². The van der Waals surface area contributed by atoms with E-state index in [4.69, 9.17) is 9.47 Å². The maximum absolute atomic E-state index is 5.27. The fourth-order valence-electron chi connectivity index (χ4n) is 0.992. The summed E-state index contributed by atoms with van der Waals surface area (Å²) in [4.78, 5) is 0. The van der Waals surface area contributed by atoms with Gasteiger partial charge in [0.1, 0.15) is 0 Å². The van der Waals surface area contributed by atoms with Gasteiger partial charge in [-0.3, -0.25) is 0 Å². The lowest BCUT2D eigenvalue weighted by atomic mass is 10.3. The Morgan fingerprint density at radius 1 is 1.55 bits per heavy atom. The first kappa shape index (κ1) is 9.23. The molecule has 0 aliphatic carbocycles. The molecule has 1 aliphatic heterocycles. The van der Waals surface area contributed by atoms with Crippen molar-refractivity contribution in [1.29, 1.82) is 0 Å². The molecular formula is C8H13BrO2. The Morgan fingerprint density at radius 3 is 2.73 bits per heavy atom. The summed E-state index contributed by atoms with van der Waals surface area (Å²) in [6.45, 7) is 3.53. The van der Waals surface area contributed by atoms with Gasteiger partial charge in [-0.2, -0.15) is 0 Å². The van der Waals surface area contributed by atoms with Crippen molar-refractivity contribution in [2.45, 2.75) is 26.1 Å². The van der Waals surface area contributed by atoms with E-state index in [1.807, 2.05) is 6.92 Å². The van der Waals surface area contributed by atoms with Gasteiger partial charge in [0.05, 0.1) is 13.2 Å². The summed E-state index contributed by atoms with van der Waals surface area (Å²) in [5.41, 5.74) is 0. The zero-order chi connectivity index (χ0) is 8.10. The van der Waals surface area contributed by atoms with Crippen molar-refractivity contribution in [2.24, 2.45) is 0 Å². The third-order valence-corrected chi connectivity index (χ3v) is 1.84. The number of hydrogen-bond acceptors (Lipinski definition) is 2. The molecule has 1 aliphatic rings. The zero-order valence-electron chi connectivity index (χ0n) is 6.68. The van der Waals surface area contributed by atoms with Crippen molar-refractivity contribution in [3.8, 4) is 0 Å². The zero-order valence-corrected chi connectivity index (χ0v) is 8.26. The third-order valence-electron chi connectivity index (χ3n) is 1.52. The average Bonchev–Trinajstić information content (AvgIpc) is 2.39. The highest BCUT2D eigenvalue weighted by Gasteiger charge is 2.13. The first-order chi connectivity index (χ1) is 5.29. The van der Waals surface area contributed by atoms with Crippen molar-refractivity contribution >= 4 is 15.9 Å². The summed E-state index contributed by atoms with van der Waals surface area (Å²) in [5.74, 6) is 0. The fourth-order valence-corrected chi connectivity index (χ4v) is 1.22. The summed E-state index contributed by atoms with van der Waals surface area (Å²) in [6.07, 6.45) is 4.15. The van der Waals surface area contributed by atoms with Crippen molar-refractivity contribution in [3.63, 3.8) is 0 Å². The molecule has 2 nitrogen and oxygen atoms in total. The lowest BCUT2D eigenvalue weighted by molar-refractivity contribution is -0.0457. The molecule has 0 aromatic carbocycles. The highest BCUT2D eigenvalue weighted by Crippen LogP contribution is 2.12. The van der Waals surface area contributed by atoms with Crippen LogP contribution in [0.5, 0.6) is 0 Å². The van der Waals surface area contributed by atoms with Gasteiger partial charge < -0.3 is 9.47 Å². The standard InChI is InChI=1S/C8H13BrO2/c1-7(9)3-2-4-8-10-5-6-11-8/h3,8H,2,4-6H2,1H3/b7-3+. The van der Waals surface area contributed by atoms with E-state index in [1.54, 1.807) is 0 Å². The van der Waals surface area contributed by atoms with Crippen LogP contribution in [0.3, 0.4) is 0 Å². The second-order valence-corrected chi connectivity index (χ2v) is 3.79. The number of hydrogen-bond donors (Lipinski definition) is 0. The quantitative estimate of drug-likeness (QED) is 0.728. The smallest absolute Gasteiger partial charge is 0.158 e. The predicted molar refractivity (Wildman–Crippen MR) is 47.6 cm³/mol. The van der Waals surface area contributed by atoms with E-state index in [9.17, 15) is 0 Å². The van der Waals surface area contributed by atoms with E-state index in [0.29, 0.717) is 0 Å². The van der Waals surface area contributed by atoms with Crippen molar-refractivity contribution in [2.75, 3.05) is 13.2 Å². The van der Waals surface area contributed by atoms with Gasteiger partial charge in [0, 0.05) is 6.42 Å². The highest BCUT2D eigenvalue weighted by atomic mass is 79.9. The normalized spacial score (nSPS) is 21.1. The minimum absolute atomic E-state index is 0.0399. The Morgan fingerprint density at radius 2 is 2.18 bits per heavy atom. The fraction of sp³-hybridized carbons (Fsp3) is 0.750. The molecule has 0 unspecified atom stereocenters. The summed E-state index contributed by atoms with van der Waals surface area (Å²) in [6, 6.07) is 0. The van der Waals surface area contributed by atoms with Gasteiger partial charge in [-0.1, -0.05) is 22.0 Å². The molecule has 3 heteroatoms. The van der Waals surface area contributed by atoms with Crippen LogP contribution in [0.25, 0.3) is 0 Å². The molecule has 1 heterocycles. The molecule has 0 radical (unpaired) electrons. The lowest BCUT2D eigenvalue weighted by Gasteiger charge is -2.05. The van der Waals surface area contributed by atoms with E-state index in [1.165, 1.54) is 4.48 Å². The van der Waals surface area contributed by atoms with Crippen molar-refractivity contribution < 1.29 is 9.47 Å². The van der Waals surface area contributed by atoms with Crippen LogP contribution in [0.2, 0.25) is 0 Å². The Hall–Kier alpha value is 0.140. The Bertz CT molecular complexity index is 135. The molecule has 1 fully saturated rings. The Balaban J connectivity index is 2.07. The van der Waals surface area contributed by atoms with Gasteiger partial charge in [0.25, 0.3) is 0 Å². The topological polar surface area (TPSA) is 18.5 Å². The van der Waals surface area contributed by atoms with E-state index in [-0.39, 0.29) is 6.29 Å². The highest BCUT2D eigenvalue weighted by molar-refractivity contribution is 9.11. The number of halogens is 1. The van der Waals surface area contributed by atoms with Crippen LogP contribution in [0.4, 0.5) is 0 Å². The molecule has 1 saturated heterocycles. The van der Waals surface area contributed by atoms with Gasteiger partial charge >= 0.3 is 0 Å². The summed E-state index contributed by atoms with van der Waals surface area (Å²) in [7, 11) is 0. The largest absolute Gasteiger partial charge is 0.350 e. The van der Waals surface area contributed by atoms with E-state index < -0.39 is 0 Å². The Kier molecular flexibility index (Phi) is 4.12. The van der Waals surface area contributed by atoms with Crippen LogP contribution in [0.15, 0.2) is 10.6 Å². The van der Waals surface area contributed by atoms with E-state index in [2.05, 4.69) is 22.0 Å². The van der Waals surface area contributed by atoms with Gasteiger partial charge in [-0.25, -0.2) is 0 Å². The number of ether oxygens (including phenoxy) is 2. The molecule has 0 spiro atoms. The molecule has 11 heavy (non-hydrogen) atoms. The van der Waals surface area contributed by atoms with Crippen molar-refractivity contribution in [3.05, 3.63) is 10.6 Å². The number of rotatable bonds is 3. The van der Waals surface area contributed by atoms with Crippen LogP contribution in [0, 0.1) is 0 Å². The molecule has 1 rings (SSSR count). The number of allylic oxidation sites excluding steroid dienone is 2. The summed E-state index contributed by atoms with van der Waals surface area (Å²) >= 11 is 3.36. The van der Waals surface area contributed by atoms with E-state index in [0.717, 1.165) is 26.1 Å². The maximum Gasteiger partial charge on any atom is 0.158 e. The predicted octanol–water partition coefficient (Wildman–Crippen LogP) is 2.44. The lowest BCUT2D eigenvalue weighted by Crippen LogP contribution is -2.05. The molecule has 0 N–H and O–H groups in total. The minimum Gasteiger partial charge on any atom is -0.350 e. The molecule has 64 valence electrons. The van der Waals surface area contributed by atoms with Gasteiger partial charge in [-0.05, 0) is 17.8 Å². The maximum atomic E-state index is 5.27. The second kappa shape index (κ2) is 4.91. The average molecular weight is 221 g/mol. The first-order valence-electron chi connectivity index (χ1n) is 3.84. The third kappa shape index (κ3) is 3.89. The minimum atomic E-state index is 0.0399. The van der Waals surface area contributed by atoms with Crippen molar-refractivity contribution in [1.82, 2.24) is 0 Å². The SMILES string of the molecule is C/C(Br)=C\CCC1OCCO1. The Labute approximate surface area is 75.7 Å². The second-order valence-electron chi connectivity index (χ2n) is 2.54. The van der Waals surface area contributed by atoms with E-state index >= 15 is 0 Å². The van der Waals surface area contributed by atoms with Gasteiger partial charge in [0.15, 0.2) is 6.29 Å². The van der Waals surface area contributed by atoms with Crippen LogP contribution in [-0.4, -0.2) is 19.5 Å². The van der Waals surface area contributed by atoms with Gasteiger partial charge in [0.2, 0.25) is 0 Å². The molecular weight excluding hydrogens is 208 g/mol. The van der Waals surface area contributed by atoms with Gasteiger partial charge in [-0.15, -0.1) is 0 Å². The molecule has 0 bridgehead atoms. The molecule has 0 amide bonds. The molecule has 0 atom stereocenters. The molecule has 0 aromatic rings. The first-order valence-corrected chi connectivity index (χ1v) is 4.64. The summed E-state index contributed by atoms with van der Waals surface area (Å²) in [5, 5.41) is 0. The summed E-state index contributed by atoms with van der Waals surface area (Å²) < 4.78 is 11.7. The molecule has 0 aromatic heterocycles. The van der Waals surface area contributed by atoms with Crippen LogP contribution < -0.4 is 0 Å². The molecule has 0 saturated carbocycles. The van der Waals surface area contributed by atoms with Crippen LogP contribution >= 0.6 is 15.9 Å². The van der Waals surface area contributed by atoms with Crippen LogP contribution in [0.1, 0.15) is 19.8 Å². The monoisotopic (exact) mass is 220 g/mol.